The molecule has 0 saturated carbocycles. The van der Waals surface area contributed by atoms with Crippen LogP contribution in [0.25, 0.3) is 24.3 Å². The zero-order chi connectivity index (χ0) is 17.5. The first-order valence-electron chi connectivity index (χ1n) is 8.41. The van der Waals surface area contributed by atoms with Crippen LogP contribution in [0.5, 0.6) is 0 Å². The Bertz CT molecular complexity index is 1400. The van der Waals surface area contributed by atoms with Crippen molar-refractivity contribution in [3.05, 3.63) is 92.2 Å². The molecule has 0 radical (unpaired) electrons. The van der Waals surface area contributed by atoms with Crippen LogP contribution in [0.3, 0.4) is 0 Å². The Morgan fingerprint density at radius 1 is 0.593 bits per heavy atom. The van der Waals surface area contributed by atoms with E-state index >= 15 is 0 Å². The van der Waals surface area contributed by atoms with Gasteiger partial charge in [-0.25, -0.2) is 0 Å². The van der Waals surface area contributed by atoms with E-state index < -0.39 is 0 Å². The molecular formula is C22H16N4Zn. The van der Waals surface area contributed by atoms with Crippen molar-refractivity contribution in [2.45, 2.75) is 0 Å². The molecule has 5 heterocycles. The van der Waals surface area contributed by atoms with Gasteiger partial charge in [-0.2, -0.15) is 0 Å². The maximum atomic E-state index is 5.68. The Morgan fingerprint density at radius 3 is 1.67 bits per heavy atom. The molecule has 5 heteroatoms. The first-order chi connectivity index (χ1) is 12.7. The number of terminal acetylenes is 1. The Balaban J connectivity index is 0.00000180. The van der Waals surface area contributed by atoms with Gasteiger partial charge in [0.15, 0.2) is 0 Å². The molecule has 0 saturated heterocycles. The molecule has 4 aromatic heterocycles. The summed E-state index contributed by atoms with van der Waals surface area (Å²) in [6.45, 7) is 0. The van der Waals surface area contributed by atoms with Gasteiger partial charge in [0, 0.05) is 63.9 Å². The quantitative estimate of drug-likeness (QED) is 0.217. The van der Waals surface area contributed by atoms with Gasteiger partial charge in [-0.3, -0.25) is 0 Å². The summed E-state index contributed by atoms with van der Waals surface area (Å²) in [5.74, 6) is 2.76. The minimum absolute atomic E-state index is 0. The van der Waals surface area contributed by atoms with Crippen molar-refractivity contribution in [1.29, 1.82) is 0 Å². The molecule has 4 nitrogen and oxygen atoms in total. The van der Waals surface area contributed by atoms with Crippen molar-refractivity contribution in [3.63, 3.8) is 0 Å². The van der Waals surface area contributed by atoms with E-state index in [-0.39, 0.29) is 19.5 Å². The third-order valence-electron chi connectivity index (χ3n) is 4.45. The molecule has 5 rings (SSSR count). The van der Waals surface area contributed by atoms with E-state index in [1.54, 1.807) is 0 Å². The van der Waals surface area contributed by atoms with E-state index in [1.165, 1.54) is 0 Å². The SMILES string of the molecule is C#Cc1cc2[nH]c1=Cc1ccc([nH]1)C=c1ccc([nH]1)=Cc1ccc([nH]1)C=2.[Zn]. The zero-order valence-electron chi connectivity index (χ0n) is 14.6. The molecule has 0 unspecified atom stereocenters. The van der Waals surface area contributed by atoms with Gasteiger partial charge in [-0.05, 0) is 66.8 Å². The van der Waals surface area contributed by atoms with Gasteiger partial charge in [-0.1, -0.05) is 5.92 Å². The molecule has 0 aromatic carbocycles. The molecule has 1 aliphatic rings. The first-order valence-corrected chi connectivity index (χ1v) is 8.41. The molecule has 27 heavy (non-hydrogen) atoms. The molecular weight excluding hydrogens is 386 g/mol. The monoisotopic (exact) mass is 400 g/mol. The molecule has 0 aliphatic carbocycles. The largest absolute Gasteiger partial charge is 0.355 e. The van der Waals surface area contributed by atoms with E-state index in [2.05, 4.69) is 74.4 Å². The second-order valence-electron chi connectivity index (χ2n) is 6.38. The molecule has 0 atom stereocenters. The summed E-state index contributed by atoms with van der Waals surface area (Å²) in [5.41, 5.74) is 4.91. The van der Waals surface area contributed by atoms with Gasteiger partial charge in [-0.15, -0.1) is 6.42 Å². The van der Waals surface area contributed by atoms with Crippen LogP contribution in [-0.4, -0.2) is 19.9 Å². The van der Waals surface area contributed by atoms with Crippen molar-refractivity contribution in [3.8, 4) is 12.3 Å². The third-order valence-corrected chi connectivity index (χ3v) is 4.45. The van der Waals surface area contributed by atoms with Gasteiger partial charge in [0.2, 0.25) is 0 Å². The Kier molecular flexibility index (Phi) is 4.35. The molecule has 4 aromatic rings. The van der Waals surface area contributed by atoms with Crippen molar-refractivity contribution in [1.82, 2.24) is 19.9 Å². The molecule has 1 aliphatic heterocycles. The van der Waals surface area contributed by atoms with E-state index in [4.69, 9.17) is 6.42 Å². The normalized spacial score (nSPS) is 11.8. The van der Waals surface area contributed by atoms with Crippen molar-refractivity contribution >= 4 is 24.3 Å². The fraction of sp³-hybridized carbons (Fsp3) is 0. The van der Waals surface area contributed by atoms with Gasteiger partial charge in [0.25, 0.3) is 0 Å². The van der Waals surface area contributed by atoms with Crippen LogP contribution in [0.2, 0.25) is 0 Å². The van der Waals surface area contributed by atoms with Crippen molar-refractivity contribution in [2.75, 3.05) is 0 Å². The smallest absolute Gasteiger partial charge is 0.0564 e. The maximum Gasteiger partial charge on any atom is 0.0564 e. The van der Waals surface area contributed by atoms with Gasteiger partial charge < -0.3 is 19.9 Å². The summed E-state index contributed by atoms with van der Waals surface area (Å²) in [7, 11) is 0. The number of hydrogen-bond donors (Lipinski definition) is 4. The number of H-pyrrole nitrogens is 4. The van der Waals surface area contributed by atoms with E-state index in [0.717, 1.165) is 49.7 Å². The number of aromatic amines is 4. The van der Waals surface area contributed by atoms with Gasteiger partial charge in [0.05, 0.1) is 5.35 Å². The summed E-state index contributed by atoms with van der Waals surface area (Å²) in [6, 6.07) is 14.3. The molecule has 126 valence electrons. The Hall–Kier alpha value is -3.22. The minimum Gasteiger partial charge on any atom is -0.355 e. The predicted octanol–water partition coefficient (Wildman–Crippen LogP) is 0.606. The van der Waals surface area contributed by atoms with E-state index in [9.17, 15) is 0 Å². The summed E-state index contributed by atoms with van der Waals surface area (Å²) in [5, 5.41) is 3.97. The predicted molar refractivity (Wildman–Crippen MR) is 104 cm³/mol. The molecule has 0 fully saturated rings. The summed E-state index contributed by atoms with van der Waals surface area (Å²) in [6.07, 6.45) is 13.9. The average molecular weight is 402 g/mol. The number of hydrogen-bond acceptors (Lipinski definition) is 0. The van der Waals surface area contributed by atoms with Crippen LogP contribution in [0.1, 0.15) is 28.3 Å². The maximum absolute atomic E-state index is 5.68. The van der Waals surface area contributed by atoms with Crippen molar-refractivity contribution < 1.29 is 19.5 Å². The number of rotatable bonds is 0. The van der Waals surface area contributed by atoms with E-state index in [1.807, 2.05) is 18.2 Å². The number of nitrogens with one attached hydrogen (secondary N) is 4. The Labute approximate surface area is 168 Å². The topological polar surface area (TPSA) is 63.2 Å². The van der Waals surface area contributed by atoms with Crippen LogP contribution < -0.4 is 21.4 Å². The fourth-order valence-electron chi connectivity index (χ4n) is 3.26. The standard InChI is InChI=1S/C22H16N4.Zn/c1-2-14-9-21-12-19-6-5-17(24-19)10-15-3-4-16(23-15)11-18-7-8-20(25-18)13-22(14)26-21;/h1,3-13,23-26H;. The minimum atomic E-state index is 0. The summed E-state index contributed by atoms with van der Waals surface area (Å²) < 4.78 is 0. The number of fused-ring (bicyclic) bond motifs is 8. The van der Waals surface area contributed by atoms with Crippen LogP contribution in [0, 0.1) is 12.3 Å². The Morgan fingerprint density at radius 2 is 1.11 bits per heavy atom. The summed E-state index contributed by atoms with van der Waals surface area (Å²) in [4.78, 5) is 13.6. The number of aromatic nitrogens is 4. The molecule has 4 N–H and O–H groups in total. The second kappa shape index (κ2) is 6.83. The van der Waals surface area contributed by atoms with Gasteiger partial charge >= 0.3 is 0 Å². The van der Waals surface area contributed by atoms with Crippen LogP contribution in [-0.2, 0) is 19.5 Å². The second-order valence-corrected chi connectivity index (χ2v) is 6.38. The molecule has 0 spiro atoms. The van der Waals surface area contributed by atoms with Gasteiger partial charge in [0.1, 0.15) is 0 Å². The first kappa shape index (κ1) is 17.2. The average Bonchev–Trinajstić information content (AvgIpc) is 3.39. The van der Waals surface area contributed by atoms with Crippen LogP contribution in [0.15, 0.2) is 42.5 Å². The van der Waals surface area contributed by atoms with Crippen molar-refractivity contribution in [2.24, 2.45) is 0 Å². The van der Waals surface area contributed by atoms with E-state index in [0.29, 0.717) is 0 Å². The van der Waals surface area contributed by atoms with Crippen LogP contribution in [0.4, 0.5) is 0 Å². The fourth-order valence-corrected chi connectivity index (χ4v) is 3.26. The zero-order valence-corrected chi connectivity index (χ0v) is 17.6. The molecule has 0 amide bonds. The summed E-state index contributed by atoms with van der Waals surface area (Å²) >= 11 is 0. The van der Waals surface area contributed by atoms with Crippen LogP contribution >= 0.6 is 0 Å². The molecule has 8 bridgehead atoms. The third kappa shape index (κ3) is 3.40.